The molecule has 0 saturated carbocycles. The smallest absolute Gasteiger partial charge is 0.138 e. The molecule has 1 aromatic rings. The van der Waals surface area contributed by atoms with Crippen LogP contribution in [-0.4, -0.2) is 25.4 Å². The number of aryl methyl sites for hydroxylation is 1. The standard InChI is InChI=1S/C12H15FN2O/c1-8-6-9(13)2-3-10(8)12-11(7-16)14-4-5-15-12/h2-3,6-7,11-12,14-15H,4-5H2,1H3/t11?,12-/m0/s1. The molecule has 3 nitrogen and oxygen atoms in total. The number of halogens is 1. The van der Waals surface area contributed by atoms with Crippen LogP contribution in [0.5, 0.6) is 0 Å². The van der Waals surface area contributed by atoms with Crippen molar-refractivity contribution >= 4 is 6.29 Å². The van der Waals surface area contributed by atoms with Gasteiger partial charge in [0.05, 0.1) is 12.1 Å². The van der Waals surface area contributed by atoms with Gasteiger partial charge >= 0.3 is 0 Å². The predicted molar refractivity (Wildman–Crippen MR) is 59.7 cm³/mol. The lowest BCUT2D eigenvalue weighted by molar-refractivity contribution is -0.110. The predicted octanol–water partition coefficient (Wildman–Crippen LogP) is 0.936. The largest absolute Gasteiger partial charge is 0.307 e. The Morgan fingerprint density at radius 1 is 1.38 bits per heavy atom. The molecule has 4 heteroatoms. The molecule has 1 aliphatic heterocycles. The number of carbonyl (C=O) groups is 1. The number of carbonyl (C=O) groups excluding carboxylic acids is 1. The lowest BCUT2D eigenvalue weighted by Gasteiger charge is -2.31. The van der Waals surface area contributed by atoms with E-state index in [1.165, 1.54) is 12.1 Å². The molecular formula is C12H15FN2O. The van der Waals surface area contributed by atoms with Gasteiger partial charge in [0, 0.05) is 13.1 Å². The number of piperazine rings is 1. The summed E-state index contributed by atoms with van der Waals surface area (Å²) in [5, 5.41) is 6.42. The Morgan fingerprint density at radius 2 is 2.12 bits per heavy atom. The summed E-state index contributed by atoms with van der Waals surface area (Å²) >= 11 is 0. The fourth-order valence-electron chi connectivity index (χ4n) is 2.13. The van der Waals surface area contributed by atoms with Crippen LogP contribution in [0.3, 0.4) is 0 Å². The number of rotatable bonds is 2. The normalized spacial score (nSPS) is 25.4. The van der Waals surface area contributed by atoms with Crippen LogP contribution in [0.25, 0.3) is 0 Å². The summed E-state index contributed by atoms with van der Waals surface area (Å²) in [4.78, 5) is 10.9. The van der Waals surface area contributed by atoms with Gasteiger partial charge in [-0.2, -0.15) is 0 Å². The highest BCUT2D eigenvalue weighted by Gasteiger charge is 2.26. The van der Waals surface area contributed by atoms with E-state index in [-0.39, 0.29) is 17.9 Å². The summed E-state index contributed by atoms with van der Waals surface area (Å²) in [6.07, 6.45) is 0.902. The number of benzene rings is 1. The first-order chi connectivity index (χ1) is 7.72. The first-order valence-corrected chi connectivity index (χ1v) is 5.40. The molecular weight excluding hydrogens is 207 g/mol. The lowest BCUT2D eigenvalue weighted by atomic mass is 9.94. The Bertz CT molecular complexity index is 395. The van der Waals surface area contributed by atoms with E-state index in [0.717, 1.165) is 30.5 Å². The molecule has 1 aliphatic rings. The van der Waals surface area contributed by atoms with Crippen LogP contribution < -0.4 is 10.6 Å². The summed E-state index contributed by atoms with van der Waals surface area (Å²) in [7, 11) is 0. The summed E-state index contributed by atoms with van der Waals surface area (Å²) < 4.78 is 13.0. The fourth-order valence-corrected chi connectivity index (χ4v) is 2.13. The molecule has 0 radical (unpaired) electrons. The van der Waals surface area contributed by atoms with Crippen LogP contribution in [-0.2, 0) is 4.79 Å². The first kappa shape index (κ1) is 11.2. The Balaban J connectivity index is 2.30. The minimum absolute atomic E-state index is 0.0631. The molecule has 2 rings (SSSR count). The third kappa shape index (κ3) is 2.13. The molecule has 1 fully saturated rings. The van der Waals surface area contributed by atoms with Crippen LogP contribution in [0.4, 0.5) is 4.39 Å². The van der Waals surface area contributed by atoms with Gasteiger partial charge in [0.2, 0.25) is 0 Å². The Hall–Kier alpha value is -1.26. The van der Waals surface area contributed by atoms with Gasteiger partial charge in [0.15, 0.2) is 0 Å². The van der Waals surface area contributed by atoms with Gasteiger partial charge < -0.3 is 15.4 Å². The Kier molecular flexibility index (Phi) is 3.31. The fraction of sp³-hybridized carbons (Fsp3) is 0.417. The van der Waals surface area contributed by atoms with Crippen molar-refractivity contribution < 1.29 is 9.18 Å². The Labute approximate surface area is 94.0 Å². The number of hydrogen-bond donors (Lipinski definition) is 2. The highest BCUT2D eigenvalue weighted by molar-refractivity contribution is 5.60. The second-order valence-corrected chi connectivity index (χ2v) is 4.05. The van der Waals surface area contributed by atoms with Crippen molar-refractivity contribution in [1.29, 1.82) is 0 Å². The van der Waals surface area contributed by atoms with Crippen molar-refractivity contribution in [3.05, 3.63) is 35.1 Å². The maximum absolute atomic E-state index is 13.0. The minimum Gasteiger partial charge on any atom is -0.307 e. The summed E-state index contributed by atoms with van der Waals surface area (Å²) in [5.74, 6) is -0.243. The maximum Gasteiger partial charge on any atom is 0.138 e. The van der Waals surface area contributed by atoms with E-state index >= 15 is 0 Å². The molecule has 1 saturated heterocycles. The monoisotopic (exact) mass is 222 g/mol. The summed E-state index contributed by atoms with van der Waals surface area (Å²) in [5.41, 5.74) is 1.85. The molecule has 0 aliphatic carbocycles. The number of nitrogens with one attached hydrogen (secondary N) is 2. The highest BCUT2D eigenvalue weighted by atomic mass is 19.1. The molecule has 0 spiro atoms. The second-order valence-electron chi connectivity index (χ2n) is 4.05. The van der Waals surface area contributed by atoms with Gasteiger partial charge in [0.25, 0.3) is 0 Å². The van der Waals surface area contributed by atoms with E-state index in [0.29, 0.717) is 0 Å². The molecule has 2 atom stereocenters. The zero-order chi connectivity index (χ0) is 11.5. The van der Waals surface area contributed by atoms with Crippen molar-refractivity contribution in [3.63, 3.8) is 0 Å². The highest BCUT2D eigenvalue weighted by Crippen LogP contribution is 2.22. The van der Waals surface area contributed by atoms with Crippen molar-refractivity contribution in [3.8, 4) is 0 Å². The van der Waals surface area contributed by atoms with Crippen LogP contribution in [0.15, 0.2) is 18.2 Å². The molecule has 86 valence electrons. The van der Waals surface area contributed by atoms with Crippen LogP contribution in [0.2, 0.25) is 0 Å². The molecule has 16 heavy (non-hydrogen) atoms. The maximum atomic E-state index is 13.0. The first-order valence-electron chi connectivity index (χ1n) is 5.40. The average Bonchev–Trinajstić information content (AvgIpc) is 2.29. The van der Waals surface area contributed by atoms with Gasteiger partial charge in [-0.15, -0.1) is 0 Å². The molecule has 0 bridgehead atoms. The third-order valence-electron chi connectivity index (χ3n) is 2.94. The van der Waals surface area contributed by atoms with Crippen molar-refractivity contribution in [2.24, 2.45) is 0 Å². The summed E-state index contributed by atoms with van der Waals surface area (Å²) in [6.45, 7) is 3.45. The van der Waals surface area contributed by atoms with Crippen LogP contribution in [0, 0.1) is 12.7 Å². The number of aldehydes is 1. The lowest BCUT2D eigenvalue weighted by Crippen LogP contribution is -2.51. The Morgan fingerprint density at radius 3 is 2.81 bits per heavy atom. The van der Waals surface area contributed by atoms with E-state index in [1.807, 2.05) is 6.92 Å². The van der Waals surface area contributed by atoms with Crippen molar-refractivity contribution in [2.45, 2.75) is 19.0 Å². The van der Waals surface area contributed by atoms with Gasteiger partial charge in [-0.05, 0) is 30.2 Å². The van der Waals surface area contributed by atoms with E-state index in [9.17, 15) is 9.18 Å². The van der Waals surface area contributed by atoms with Crippen molar-refractivity contribution in [1.82, 2.24) is 10.6 Å². The average molecular weight is 222 g/mol. The van der Waals surface area contributed by atoms with Gasteiger partial charge in [-0.25, -0.2) is 4.39 Å². The quantitative estimate of drug-likeness (QED) is 0.732. The van der Waals surface area contributed by atoms with Crippen molar-refractivity contribution in [2.75, 3.05) is 13.1 Å². The topological polar surface area (TPSA) is 41.1 Å². The van der Waals surface area contributed by atoms with Gasteiger partial charge in [-0.1, -0.05) is 6.07 Å². The van der Waals surface area contributed by atoms with E-state index in [2.05, 4.69) is 10.6 Å². The SMILES string of the molecule is Cc1cc(F)ccc1[C@@H]1NCCNC1C=O. The van der Waals surface area contributed by atoms with Gasteiger partial charge in [-0.3, -0.25) is 0 Å². The third-order valence-corrected chi connectivity index (χ3v) is 2.94. The van der Waals surface area contributed by atoms with Crippen LogP contribution in [0.1, 0.15) is 17.2 Å². The van der Waals surface area contributed by atoms with E-state index in [1.54, 1.807) is 6.07 Å². The zero-order valence-corrected chi connectivity index (χ0v) is 9.16. The van der Waals surface area contributed by atoms with E-state index in [4.69, 9.17) is 0 Å². The molecule has 1 aromatic carbocycles. The number of hydrogen-bond acceptors (Lipinski definition) is 3. The molecule has 0 amide bonds. The summed E-state index contributed by atoms with van der Waals surface area (Å²) in [6, 6.07) is 4.37. The van der Waals surface area contributed by atoms with E-state index < -0.39 is 0 Å². The van der Waals surface area contributed by atoms with Crippen LogP contribution >= 0.6 is 0 Å². The van der Waals surface area contributed by atoms with Gasteiger partial charge in [0.1, 0.15) is 12.1 Å². The molecule has 1 unspecified atom stereocenters. The molecule has 2 N–H and O–H groups in total. The minimum atomic E-state index is -0.243. The zero-order valence-electron chi connectivity index (χ0n) is 9.16. The molecule has 1 heterocycles. The second kappa shape index (κ2) is 4.72. The molecule has 0 aromatic heterocycles.